The van der Waals surface area contributed by atoms with E-state index in [2.05, 4.69) is 21.2 Å². The van der Waals surface area contributed by atoms with Crippen LogP contribution in [0.15, 0.2) is 28.7 Å². The molecule has 0 radical (unpaired) electrons. The van der Waals surface area contributed by atoms with E-state index in [9.17, 15) is 9.59 Å². The average molecular weight is 403 g/mol. The molecule has 3 N–H and O–H groups in total. The summed E-state index contributed by atoms with van der Waals surface area (Å²) in [6.45, 7) is 1.56. The number of likely N-dealkylation sites (tertiary alicyclic amines) is 1. The topological polar surface area (TPSA) is 75.4 Å². The highest BCUT2D eigenvalue weighted by Gasteiger charge is 2.42. The van der Waals surface area contributed by atoms with Crippen LogP contribution in [0.4, 0.5) is 0 Å². The minimum Gasteiger partial charge on any atom is -0.343 e. The highest BCUT2D eigenvalue weighted by atomic mass is 79.9. The maximum atomic E-state index is 12.2. The maximum absolute atomic E-state index is 12.2. The van der Waals surface area contributed by atoms with Crippen molar-refractivity contribution in [3.8, 4) is 0 Å². The van der Waals surface area contributed by atoms with E-state index in [0.717, 1.165) is 30.4 Å². The van der Waals surface area contributed by atoms with E-state index < -0.39 is 0 Å². The molecule has 1 aliphatic carbocycles. The molecule has 1 aromatic carbocycles. The van der Waals surface area contributed by atoms with Crippen LogP contribution >= 0.6 is 28.3 Å². The van der Waals surface area contributed by atoms with Crippen molar-refractivity contribution in [3.63, 3.8) is 0 Å². The molecule has 2 amide bonds. The normalized spacial score (nSPS) is 25.7. The molecule has 2 fully saturated rings. The maximum Gasteiger partial charge on any atom is 0.251 e. The van der Waals surface area contributed by atoms with Crippen LogP contribution in [0.25, 0.3) is 0 Å². The third-order valence-corrected chi connectivity index (χ3v) is 5.25. The number of halogens is 2. The number of hydrogen-bond donors (Lipinski definition) is 2. The van der Waals surface area contributed by atoms with E-state index in [1.807, 2.05) is 11.0 Å². The van der Waals surface area contributed by atoms with Crippen LogP contribution in [0.3, 0.4) is 0 Å². The molecule has 23 heavy (non-hydrogen) atoms. The third kappa shape index (κ3) is 4.05. The molecule has 0 bridgehead atoms. The van der Waals surface area contributed by atoms with Crippen molar-refractivity contribution in [3.05, 3.63) is 34.3 Å². The summed E-state index contributed by atoms with van der Waals surface area (Å²) < 4.78 is 0.841. The van der Waals surface area contributed by atoms with E-state index >= 15 is 0 Å². The van der Waals surface area contributed by atoms with Crippen molar-refractivity contribution in [2.75, 3.05) is 19.6 Å². The summed E-state index contributed by atoms with van der Waals surface area (Å²) >= 11 is 3.33. The Kier molecular flexibility index (Phi) is 6.06. The molecular formula is C16H21BrClN3O2. The zero-order valence-corrected chi connectivity index (χ0v) is 15.1. The molecule has 1 saturated heterocycles. The molecular weight excluding hydrogens is 382 g/mol. The van der Waals surface area contributed by atoms with Gasteiger partial charge < -0.3 is 16.0 Å². The minimum absolute atomic E-state index is 0. The second kappa shape index (κ2) is 7.64. The summed E-state index contributed by atoms with van der Waals surface area (Å²) in [5, 5.41) is 2.70. The lowest BCUT2D eigenvalue weighted by molar-refractivity contribution is -0.129. The molecule has 1 heterocycles. The quantitative estimate of drug-likeness (QED) is 0.809. The van der Waals surface area contributed by atoms with E-state index in [-0.39, 0.29) is 36.8 Å². The van der Waals surface area contributed by atoms with Crippen LogP contribution in [-0.4, -0.2) is 42.4 Å². The molecule has 126 valence electrons. The fourth-order valence-electron chi connectivity index (χ4n) is 3.51. The first kappa shape index (κ1) is 18.2. The summed E-state index contributed by atoms with van der Waals surface area (Å²) in [6, 6.07) is 7.33. The zero-order valence-electron chi connectivity index (χ0n) is 12.7. The van der Waals surface area contributed by atoms with Crippen molar-refractivity contribution in [2.45, 2.75) is 18.9 Å². The largest absolute Gasteiger partial charge is 0.343 e. The lowest BCUT2D eigenvalue weighted by Gasteiger charge is -2.19. The molecule has 5 nitrogen and oxygen atoms in total. The zero-order chi connectivity index (χ0) is 15.7. The van der Waals surface area contributed by atoms with Gasteiger partial charge in [-0.2, -0.15) is 0 Å². The van der Waals surface area contributed by atoms with Gasteiger partial charge in [0, 0.05) is 29.2 Å². The standard InChI is InChI=1S/C16H20BrN3O2.ClH/c17-12-3-1-2-10(6-12)16(22)19-7-15(21)20-8-11-4-5-14(18)13(11)9-20;/h1-3,6,11,13-14H,4-5,7-9,18H2,(H,19,22);1H. The molecule has 3 rings (SSSR count). The Morgan fingerprint density at radius 1 is 1.30 bits per heavy atom. The number of nitrogens with one attached hydrogen (secondary N) is 1. The smallest absolute Gasteiger partial charge is 0.251 e. The van der Waals surface area contributed by atoms with Crippen molar-refractivity contribution in [2.24, 2.45) is 17.6 Å². The van der Waals surface area contributed by atoms with Crippen molar-refractivity contribution >= 4 is 40.2 Å². The predicted molar refractivity (Wildman–Crippen MR) is 94.5 cm³/mol. The number of nitrogens with zero attached hydrogens (tertiary/aromatic N) is 1. The Hall–Kier alpha value is -1.11. The van der Waals surface area contributed by atoms with Crippen molar-refractivity contribution in [1.82, 2.24) is 10.2 Å². The van der Waals surface area contributed by atoms with E-state index in [4.69, 9.17) is 5.73 Å². The van der Waals surface area contributed by atoms with Crippen LogP contribution < -0.4 is 11.1 Å². The summed E-state index contributed by atoms with van der Waals surface area (Å²) in [7, 11) is 0. The number of benzene rings is 1. The van der Waals surface area contributed by atoms with Gasteiger partial charge in [0.2, 0.25) is 5.91 Å². The molecule has 1 aliphatic heterocycles. The Morgan fingerprint density at radius 3 is 2.78 bits per heavy atom. The van der Waals surface area contributed by atoms with E-state index in [1.165, 1.54) is 0 Å². The first-order valence-corrected chi connectivity index (χ1v) is 8.41. The van der Waals surface area contributed by atoms with Gasteiger partial charge in [0.05, 0.1) is 6.54 Å². The van der Waals surface area contributed by atoms with Gasteiger partial charge in [-0.15, -0.1) is 12.4 Å². The number of nitrogens with two attached hydrogens (primary N) is 1. The van der Waals surface area contributed by atoms with Crippen LogP contribution in [-0.2, 0) is 4.79 Å². The third-order valence-electron chi connectivity index (χ3n) is 4.75. The molecule has 2 aliphatic rings. The van der Waals surface area contributed by atoms with Crippen LogP contribution in [0.1, 0.15) is 23.2 Å². The fourth-order valence-corrected chi connectivity index (χ4v) is 3.91. The second-order valence-corrected chi connectivity index (χ2v) is 7.07. The summed E-state index contributed by atoms with van der Waals surface area (Å²) in [4.78, 5) is 26.1. The van der Waals surface area contributed by atoms with Gasteiger partial charge >= 0.3 is 0 Å². The van der Waals surface area contributed by atoms with Gasteiger partial charge in [-0.05, 0) is 42.9 Å². The Balaban J connectivity index is 0.00000192. The fraction of sp³-hybridized carbons (Fsp3) is 0.500. The van der Waals surface area contributed by atoms with Crippen molar-refractivity contribution < 1.29 is 9.59 Å². The molecule has 3 atom stereocenters. The van der Waals surface area contributed by atoms with Gasteiger partial charge in [0.15, 0.2) is 0 Å². The first-order valence-electron chi connectivity index (χ1n) is 7.61. The lowest BCUT2D eigenvalue weighted by Crippen LogP contribution is -2.40. The van der Waals surface area contributed by atoms with Gasteiger partial charge in [0.1, 0.15) is 0 Å². The molecule has 7 heteroatoms. The highest BCUT2D eigenvalue weighted by Crippen LogP contribution is 2.36. The van der Waals surface area contributed by atoms with Gasteiger partial charge in [-0.25, -0.2) is 0 Å². The van der Waals surface area contributed by atoms with Crippen molar-refractivity contribution in [1.29, 1.82) is 0 Å². The molecule has 0 spiro atoms. The second-order valence-electron chi connectivity index (χ2n) is 6.16. The summed E-state index contributed by atoms with van der Waals surface area (Å²) in [5.41, 5.74) is 6.63. The number of carbonyl (C=O) groups is 2. The van der Waals surface area contributed by atoms with Crippen LogP contribution in [0, 0.1) is 11.8 Å². The number of fused-ring (bicyclic) bond motifs is 1. The Bertz CT molecular complexity index is 598. The van der Waals surface area contributed by atoms with Crippen LogP contribution in [0.2, 0.25) is 0 Å². The van der Waals surface area contributed by atoms with Crippen LogP contribution in [0.5, 0.6) is 0 Å². The van der Waals surface area contributed by atoms with Gasteiger partial charge in [0.25, 0.3) is 5.91 Å². The molecule has 3 unspecified atom stereocenters. The number of amides is 2. The number of hydrogen-bond acceptors (Lipinski definition) is 3. The summed E-state index contributed by atoms with van der Waals surface area (Å²) in [5.74, 6) is 0.722. The summed E-state index contributed by atoms with van der Waals surface area (Å²) in [6.07, 6.45) is 2.18. The molecule has 1 saturated carbocycles. The van der Waals surface area contributed by atoms with E-state index in [1.54, 1.807) is 18.2 Å². The van der Waals surface area contributed by atoms with Gasteiger partial charge in [-0.1, -0.05) is 22.0 Å². The highest BCUT2D eigenvalue weighted by molar-refractivity contribution is 9.10. The lowest BCUT2D eigenvalue weighted by atomic mass is 9.98. The predicted octanol–water partition coefficient (Wildman–Crippen LogP) is 1.80. The number of carbonyl (C=O) groups excluding carboxylic acids is 2. The number of rotatable bonds is 3. The first-order chi connectivity index (χ1) is 10.5. The Labute approximate surface area is 150 Å². The SMILES string of the molecule is Cl.NC1CCC2CN(C(=O)CNC(=O)c3cccc(Br)c3)CC12. The Morgan fingerprint density at radius 2 is 2.09 bits per heavy atom. The monoisotopic (exact) mass is 401 g/mol. The average Bonchev–Trinajstić information content (AvgIpc) is 3.07. The van der Waals surface area contributed by atoms with Gasteiger partial charge in [-0.3, -0.25) is 9.59 Å². The van der Waals surface area contributed by atoms with E-state index in [0.29, 0.717) is 17.4 Å². The molecule has 1 aromatic rings. The molecule has 0 aromatic heterocycles. The minimum atomic E-state index is -0.231.